The molecule has 1 aliphatic heterocycles. The van der Waals surface area contributed by atoms with Crippen LogP contribution in [-0.4, -0.2) is 62.6 Å². The first-order valence-electron chi connectivity index (χ1n) is 7.69. The Morgan fingerprint density at radius 3 is 2.52 bits per heavy atom. The lowest BCUT2D eigenvalue weighted by Crippen LogP contribution is -2.49. The summed E-state index contributed by atoms with van der Waals surface area (Å²) in [6, 6.07) is 6.90. The van der Waals surface area contributed by atoms with Crippen LogP contribution >= 0.6 is 22.6 Å². The number of sulfonamides is 1. The number of halogens is 1. The van der Waals surface area contributed by atoms with Gasteiger partial charge in [-0.15, -0.1) is 0 Å². The number of carbonyl (C=O) groups excluding carboxylic acids is 1. The summed E-state index contributed by atoms with van der Waals surface area (Å²) < 4.78 is 27.6. The van der Waals surface area contributed by atoms with E-state index in [9.17, 15) is 13.2 Å². The average Bonchev–Trinajstić information content (AvgIpc) is 3.07. The number of H-pyrrole nitrogens is 1. The predicted octanol–water partition coefficient (Wildman–Crippen LogP) is 0.885. The van der Waals surface area contributed by atoms with Crippen LogP contribution in [0.3, 0.4) is 0 Å². The molecule has 134 valence electrons. The largest absolute Gasteiger partial charge is 0.367 e. The second kappa shape index (κ2) is 7.30. The van der Waals surface area contributed by atoms with E-state index in [0.29, 0.717) is 37.6 Å². The zero-order valence-corrected chi connectivity index (χ0v) is 16.5. The summed E-state index contributed by atoms with van der Waals surface area (Å²) in [5.74, 6) is -0.0855. The van der Waals surface area contributed by atoms with Gasteiger partial charge in [-0.2, -0.15) is 5.10 Å². The van der Waals surface area contributed by atoms with Crippen LogP contribution in [0.4, 0.5) is 5.69 Å². The standard InChI is InChI=1S/C15H18IN5O3S/c1-17-25(23,24)13-5-3-2-4-12(13)20-6-8-21(9-7-20)15(22)14-11(16)10-18-19-14/h2-5,10,17H,6-9H2,1H3,(H,18,19). The van der Waals surface area contributed by atoms with E-state index in [1.54, 1.807) is 29.3 Å². The van der Waals surface area contributed by atoms with E-state index in [1.807, 2.05) is 11.0 Å². The van der Waals surface area contributed by atoms with Gasteiger partial charge in [0.05, 0.1) is 15.5 Å². The van der Waals surface area contributed by atoms with Crippen molar-refractivity contribution < 1.29 is 13.2 Å². The van der Waals surface area contributed by atoms with Crippen molar-refractivity contribution >= 4 is 44.2 Å². The molecular formula is C15H18IN5O3S. The van der Waals surface area contributed by atoms with Crippen LogP contribution in [0.25, 0.3) is 0 Å². The Hall–Kier alpha value is -1.66. The number of anilines is 1. The fourth-order valence-corrected chi connectivity index (χ4v) is 4.23. The second-order valence-electron chi connectivity index (χ2n) is 5.55. The maximum absolute atomic E-state index is 12.5. The van der Waals surface area contributed by atoms with Gasteiger partial charge >= 0.3 is 0 Å². The molecule has 0 atom stereocenters. The SMILES string of the molecule is CNS(=O)(=O)c1ccccc1N1CCN(C(=O)c2[nH]ncc2I)CC1. The maximum Gasteiger partial charge on any atom is 0.273 e. The molecule has 2 heterocycles. The quantitative estimate of drug-likeness (QED) is 0.641. The molecule has 25 heavy (non-hydrogen) atoms. The molecule has 0 bridgehead atoms. The van der Waals surface area contributed by atoms with Gasteiger partial charge in [0.15, 0.2) is 0 Å². The van der Waals surface area contributed by atoms with Crippen LogP contribution in [0.5, 0.6) is 0 Å². The van der Waals surface area contributed by atoms with Gasteiger partial charge in [0, 0.05) is 26.2 Å². The summed E-state index contributed by atoms with van der Waals surface area (Å²) in [6.07, 6.45) is 1.61. The zero-order chi connectivity index (χ0) is 18.0. The van der Waals surface area contributed by atoms with E-state index in [2.05, 4.69) is 37.5 Å². The third-order valence-electron chi connectivity index (χ3n) is 4.14. The van der Waals surface area contributed by atoms with Gasteiger partial charge in [0.25, 0.3) is 5.91 Å². The first-order valence-corrected chi connectivity index (χ1v) is 10.3. The molecule has 3 rings (SSSR count). The predicted molar refractivity (Wildman–Crippen MR) is 102 cm³/mol. The molecule has 1 aromatic heterocycles. The molecule has 0 aliphatic carbocycles. The molecule has 1 aliphatic rings. The molecule has 10 heteroatoms. The van der Waals surface area contributed by atoms with Crippen molar-refractivity contribution in [1.82, 2.24) is 19.8 Å². The number of nitrogens with one attached hydrogen (secondary N) is 2. The Kier molecular flexibility index (Phi) is 5.29. The van der Waals surface area contributed by atoms with Crippen LogP contribution < -0.4 is 9.62 Å². The Bertz CT molecular complexity index is 875. The Morgan fingerprint density at radius 1 is 1.24 bits per heavy atom. The lowest BCUT2D eigenvalue weighted by atomic mass is 10.2. The highest BCUT2D eigenvalue weighted by Gasteiger charge is 2.27. The average molecular weight is 475 g/mol. The van der Waals surface area contributed by atoms with Crippen molar-refractivity contribution in [2.75, 3.05) is 38.1 Å². The van der Waals surface area contributed by atoms with Crippen molar-refractivity contribution in [2.45, 2.75) is 4.90 Å². The van der Waals surface area contributed by atoms with Crippen molar-refractivity contribution in [3.05, 3.63) is 39.7 Å². The van der Waals surface area contributed by atoms with Crippen LogP contribution in [-0.2, 0) is 10.0 Å². The molecule has 0 radical (unpaired) electrons. The monoisotopic (exact) mass is 475 g/mol. The molecule has 0 spiro atoms. The second-order valence-corrected chi connectivity index (χ2v) is 8.56. The minimum atomic E-state index is -3.54. The summed E-state index contributed by atoms with van der Waals surface area (Å²) in [5, 5.41) is 6.62. The minimum absolute atomic E-state index is 0.0855. The number of hydrogen-bond acceptors (Lipinski definition) is 5. The molecule has 1 amide bonds. The first kappa shape index (κ1) is 18.1. The molecule has 2 aromatic rings. The van der Waals surface area contributed by atoms with Crippen molar-refractivity contribution in [1.29, 1.82) is 0 Å². The highest BCUT2D eigenvalue weighted by atomic mass is 127. The van der Waals surface area contributed by atoms with E-state index in [1.165, 1.54) is 7.05 Å². The Labute approximate surface area is 159 Å². The molecule has 0 unspecified atom stereocenters. The Balaban J connectivity index is 1.76. The summed E-state index contributed by atoms with van der Waals surface area (Å²) in [6.45, 7) is 2.16. The fraction of sp³-hybridized carbons (Fsp3) is 0.333. The molecule has 1 aromatic carbocycles. The molecular weight excluding hydrogens is 457 g/mol. The van der Waals surface area contributed by atoms with Crippen molar-refractivity contribution in [2.24, 2.45) is 0 Å². The highest BCUT2D eigenvalue weighted by molar-refractivity contribution is 14.1. The van der Waals surface area contributed by atoms with Crippen LogP contribution in [0.1, 0.15) is 10.5 Å². The van der Waals surface area contributed by atoms with E-state index in [-0.39, 0.29) is 10.8 Å². The third-order valence-corrected chi connectivity index (χ3v) is 6.42. The van der Waals surface area contributed by atoms with E-state index in [4.69, 9.17) is 0 Å². The number of benzene rings is 1. The molecule has 8 nitrogen and oxygen atoms in total. The number of aromatic amines is 1. The van der Waals surface area contributed by atoms with E-state index in [0.717, 1.165) is 3.57 Å². The highest BCUT2D eigenvalue weighted by Crippen LogP contribution is 2.26. The fourth-order valence-electron chi connectivity index (χ4n) is 2.79. The molecule has 0 saturated carbocycles. The normalized spacial score (nSPS) is 15.4. The number of piperazine rings is 1. The van der Waals surface area contributed by atoms with Gasteiger partial charge < -0.3 is 9.80 Å². The number of aromatic nitrogens is 2. The van der Waals surface area contributed by atoms with Gasteiger partial charge in [-0.3, -0.25) is 9.89 Å². The van der Waals surface area contributed by atoms with Crippen molar-refractivity contribution in [3.63, 3.8) is 0 Å². The van der Waals surface area contributed by atoms with Crippen LogP contribution in [0, 0.1) is 3.57 Å². The third kappa shape index (κ3) is 3.65. The van der Waals surface area contributed by atoms with Gasteiger partial charge in [-0.1, -0.05) is 12.1 Å². The van der Waals surface area contributed by atoms with Crippen LogP contribution in [0.2, 0.25) is 0 Å². The number of amides is 1. The molecule has 1 saturated heterocycles. The van der Waals surface area contributed by atoms with Gasteiger partial charge in [0.2, 0.25) is 10.0 Å². The summed E-state index contributed by atoms with van der Waals surface area (Å²) >= 11 is 2.07. The first-order chi connectivity index (χ1) is 11.9. The van der Waals surface area contributed by atoms with Crippen molar-refractivity contribution in [3.8, 4) is 0 Å². The Morgan fingerprint density at radius 2 is 1.92 bits per heavy atom. The van der Waals surface area contributed by atoms with Gasteiger partial charge in [-0.25, -0.2) is 13.1 Å². The summed E-state index contributed by atoms with van der Waals surface area (Å²) in [7, 11) is -2.14. The van der Waals surface area contributed by atoms with Crippen LogP contribution in [0.15, 0.2) is 35.4 Å². The number of para-hydroxylation sites is 1. The lowest BCUT2D eigenvalue weighted by molar-refractivity contribution is 0.0739. The lowest BCUT2D eigenvalue weighted by Gasteiger charge is -2.36. The van der Waals surface area contributed by atoms with Gasteiger partial charge in [0.1, 0.15) is 10.6 Å². The smallest absolute Gasteiger partial charge is 0.273 e. The zero-order valence-electron chi connectivity index (χ0n) is 13.6. The molecule has 1 fully saturated rings. The van der Waals surface area contributed by atoms with Gasteiger partial charge in [-0.05, 0) is 41.8 Å². The summed E-state index contributed by atoms with van der Waals surface area (Å²) in [4.78, 5) is 16.5. The number of rotatable bonds is 4. The topological polar surface area (TPSA) is 98.4 Å². The summed E-state index contributed by atoms with van der Waals surface area (Å²) in [5.41, 5.74) is 1.15. The maximum atomic E-state index is 12.5. The number of hydrogen-bond donors (Lipinski definition) is 2. The van der Waals surface area contributed by atoms with E-state index < -0.39 is 10.0 Å². The number of nitrogens with zero attached hydrogens (tertiary/aromatic N) is 3. The number of carbonyl (C=O) groups is 1. The van der Waals surface area contributed by atoms with E-state index >= 15 is 0 Å². The molecule has 2 N–H and O–H groups in total. The minimum Gasteiger partial charge on any atom is -0.367 e.